The molecule has 0 aromatic heterocycles. The number of nitrogens with one attached hydrogen (secondary N) is 1. The number of ketones is 1. The molecule has 2 heterocycles. The van der Waals surface area contributed by atoms with Gasteiger partial charge in [-0.1, -0.05) is 12.1 Å². The number of carbonyl (C=O) groups excluding carboxylic acids is 3. The van der Waals surface area contributed by atoms with E-state index in [-0.39, 0.29) is 30.8 Å². The van der Waals surface area contributed by atoms with Gasteiger partial charge in [0.2, 0.25) is 5.91 Å². The Morgan fingerprint density at radius 2 is 1.86 bits per heavy atom. The summed E-state index contributed by atoms with van der Waals surface area (Å²) < 4.78 is 11.3. The van der Waals surface area contributed by atoms with E-state index < -0.39 is 0 Å². The van der Waals surface area contributed by atoms with Crippen molar-refractivity contribution in [2.24, 2.45) is 0 Å². The number of aryl methyl sites for hydroxylation is 2. The van der Waals surface area contributed by atoms with Crippen LogP contribution in [0.5, 0.6) is 11.5 Å². The molecule has 0 spiro atoms. The van der Waals surface area contributed by atoms with Gasteiger partial charge in [0, 0.05) is 31.6 Å². The van der Waals surface area contributed by atoms with Gasteiger partial charge in [0.15, 0.2) is 19.0 Å². The van der Waals surface area contributed by atoms with Gasteiger partial charge in [-0.15, -0.1) is 0 Å². The fourth-order valence-corrected chi connectivity index (χ4v) is 4.56. The molecule has 0 radical (unpaired) electrons. The monoisotopic (exact) mass is 493 g/mol. The molecule has 4 rings (SSSR count). The predicted molar refractivity (Wildman–Crippen MR) is 138 cm³/mol. The molecule has 36 heavy (non-hydrogen) atoms. The lowest BCUT2D eigenvalue weighted by Crippen LogP contribution is -2.40. The van der Waals surface area contributed by atoms with Crippen molar-refractivity contribution in [1.82, 2.24) is 10.2 Å². The van der Waals surface area contributed by atoms with Crippen molar-refractivity contribution in [2.45, 2.75) is 39.5 Å². The maximum atomic E-state index is 12.9. The first-order valence-electron chi connectivity index (χ1n) is 12.7. The number of hydrogen-bond donors (Lipinski definition) is 1. The summed E-state index contributed by atoms with van der Waals surface area (Å²) in [6, 6.07) is 10.9. The second-order valence-electron chi connectivity index (χ2n) is 9.50. The van der Waals surface area contributed by atoms with Crippen LogP contribution in [0.25, 0.3) is 0 Å². The molecule has 8 nitrogen and oxygen atoms in total. The van der Waals surface area contributed by atoms with Crippen LogP contribution in [0.1, 0.15) is 47.2 Å². The average Bonchev–Trinajstić information content (AvgIpc) is 3.39. The second-order valence-corrected chi connectivity index (χ2v) is 9.50. The summed E-state index contributed by atoms with van der Waals surface area (Å²) in [6.07, 6.45) is 3.32. The number of amides is 2. The summed E-state index contributed by atoms with van der Waals surface area (Å²) in [5, 5.41) is 2.97. The van der Waals surface area contributed by atoms with Crippen molar-refractivity contribution in [1.29, 1.82) is 0 Å². The van der Waals surface area contributed by atoms with Gasteiger partial charge in [0.05, 0.1) is 5.69 Å². The number of hydrogen-bond acceptors (Lipinski definition) is 6. The number of benzene rings is 2. The summed E-state index contributed by atoms with van der Waals surface area (Å²) in [7, 11) is 0. The molecule has 1 saturated heterocycles. The number of anilines is 1. The van der Waals surface area contributed by atoms with Crippen LogP contribution >= 0.6 is 0 Å². The Morgan fingerprint density at radius 3 is 2.67 bits per heavy atom. The van der Waals surface area contributed by atoms with E-state index in [0.717, 1.165) is 30.8 Å². The van der Waals surface area contributed by atoms with Crippen LogP contribution in [0, 0.1) is 13.8 Å². The number of likely N-dealkylation sites (tertiary alicyclic amines) is 1. The normalized spacial score (nSPS) is 15.4. The van der Waals surface area contributed by atoms with Crippen LogP contribution < -0.4 is 19.7 Å². The standard InChI is InChI=1S/C28H35N3O5/c1-20-7-8-21(2)26(16-20)35-18-24(32)22-9-10-25-23(17-22)31(28(34)19-36-25)14-5-6-27(33)29-11-15-30-12-3-4-13-30/h7-10,16-17H,3-6,11-15,18-19H2,1-2H3,(H,29,33). The van der Waals surface area contributed by atoms with Crippen LogP contribution in [0.2, 0.25) is 0 Å². The first-order valence-corrected chi connectivity index (χ1v) is 12.7. The Labute approximate surface area is 212 Å². The van der Waals surface area contributed by atoms with Gasteiger partial charge >= 0.3 is 0 Å². The Kier molecular flexibility index (Phi) is 8.59. The number of nitrogens with zero attached hydrogens (tertiary/aromatic N) is 2. The van der Waals surface area contributed by atoms with Crippen molar-refractivity contribution < 1.29 is 23.9 Å². The highest BCUT2D eigenvalue weighted by Crippen LogP contribution is 2.33. The molecule has 192 valence electrons. The predicted octanol–water partition coefficient (Wildman–Crippen LogP) is 3.28. The lowest BCUT2D eigenvalue weighted by molar-refractivity contribution is -0.122. The van der Waals surface area contributed by atoms with E-state index in [1.54, 1.807) is 23.1 Å². The molecule has 1 fully saturated rings. The van der Waals surface area contributed by atoms with Gasteiger partial charge in [-0.3, -0.25) is 14.4 Å². The third kappa shape index (κ3) is 6.63. The molecule has 0 aliphatic carbocycles. The molecule has 0 saturated carbocycles. The van der Waals surface area contributed by atoms with E-state index in [9.17, 15) is 14.4 Å². The summed E-state index contributed by atoms with van der Waals surface area (Å²) in [6.45, 7) is 7.87. The molecule has 2 amide bonds. The lowest BCUT2D eigenvalue weighted by Gasteiger charge is -2.29. The zero-order chi connectivity index (χ0) is 25.5. The molecular formula is C28H35N3O5. The van der Waals surface area contributed by atoms with Crippen LogP contribution in [-0.4, -0.2) is 68.4 Å². The first kappa shape index (κ1) is 25.7. The van der Waals surface area contributed by atoms with E-state index in [1.807, 2.05) is 32.0 Å². The van der Waals surface area contributed by atoms with E-state index in [2.05, 4.69) is 10.2 Å². The van der Waals surface area contributed by atoms with E-state index in [1.165, 1.54) is 12.8 Å². The van der Waals surface area contributed by atoms with Crippen LogP contribution in [0.15, 0.2) is 36.4 Å². The Morgan fingerprint density at radius 1 is 1.06 bits per heavy atom. The zero-order valence-electron chi connectivity index (χ0n) is 21.2. The molecular weight excluding hydrogens is 458 g/mol. The van der Waals surface area contributed by atoms with Gasteiger partial charge in [-0.05, 0) is 81.6 Å². The van der Waals surface area contributed by atoms with Gasteiger partial charge in [-0.2, -0.15) is 0 Å². The van der Waals surface area contributed by atoms with Crippen LogP contribution in [0.4, 0.5) is 5.69 Å². The third-order valence-corrected chi connectivity index (χ3v) is 6.66. The molecule has 0 bridgehead atoms. The summed E-state index contributed by atoms with van der Waals surface area (Å²) >= 11 is 0. The molecule has 2 aromatic rings. The molecule has 2 aromatic carbocycles. The molecule has 8 heteroatoms. The molecule has 2 aliphatic heterocycles. The topological polar surface area (TPSA) is 88.2 Å². The van der Waals surface area contributed by atoms with E-state index in [0.29, 0.717) is 48.7 Å². The first-order chi connectivity index (χ1) is 17.4. The highest BCUT2D eigenvalue weighted by molar-refractivity contribution is 6.02. The molecule has 1 N–H and O–H groups in total. The summed E-state index contributed by atoms with van der Waals surface area (Å²) in [5.41, 5.74) is 3.02. The van der Waals surface area contributed by atoms with Crippen molar-refractivity contribution in [2.75, 3.05) is 50.8 Å². The van der Waals surface area contributed by atoms with Gasteiger partial charge in [0.25, 0.3) is 5.91 Å². The summed E-state index contributed by atoms with van der Waals surface area (Å²) in [5.74, 6) is 0.849. The fourth-order valence-electron chi connectivity index (χ4n) is 4.56. The third-order valence-electron chi connectivity index (χ3n) is 6.66. The van der Waals surface area contributed by atoms with Gasteiger partial charge in [0.1, 0.15) is 11.5 Å². The molecule has 2 aliphatic rings. The minimum Gasteiger partial charge on any atom is -0.485 e. The molecule has 0 unspecified atom stereocenters. The number of carbonyl (C=O) groups is 3. The zero-order valence-corrected chi connectivity index (χ0v) is 21.2. The largest absolute Gasteiger partial charge is 0.485 e. The maximum Gasteiger partial charge on any atom is 0.265 e. The van der Waals surface area contributed by atoms with Gasteiger partial charge in [-0.25, -0.2) is 0 Å². The number of Topliss-reactive ketones (excluding diaryl/α,β-unsaturated/α-hetero) is 1. The van der Waals surface area contributed by atoms with Crippen molar-refractivity contribution in [3.8, 4) is 11.5 Å². The smallest absolute Gasteiger partial charge is 0.265 e. The minimum atomic E-state index is -0.187. The van der Waals surface area contributed by atoms with Crippen LogP contribution in [0.3, 0.4) is 0 Å². The quantitative estimate of drug-likeness (QED) is 0.484. The highest BCUT2D eigenvalue weighted by Gasteiger charge is 2.26. The Balaban J connectivity index is 1.32. The van der Waals surface area contributed by atoms with Gasteiger partial charge < -0.3 is 24.6 Å². The van der Waals surface area contributed by atoms with Crippen molar-refractivity contribution >= 4 is 23.3 Å². The number of fused-ring (bicyclic) bond motifs is 1. The second kappa shape index (κ2) is 12.0. The SMILES string of the molecule is Cc1ccc(C)c(OCC(=O)c2ccc3c(c2)N(CCCC(=O)NCCN2CCCC2)C(=O)CO3)c1. The van der Waals surface area contributed by atoms with E-state index >= 15 is 0 Å². The highest BCUT2D eigenvalue weighted by atomic mass is 16.5. The van der Waals surface area contributed by atoms with Crippen molar-refractivity contribution in [3.63, 3.8) is 0 Å². The Hall–Kier alpha value is -3.39. The summed E-state index contributed by atoms with van der Waals surface area (Å²) in [4.78, 5) is 41.7. The Bertz CT molecular complexity index is 1110. The van der Waals surface area contributed by atoms with Crippen LogP contribution in [-0.2, 0) is 9.59 Å². The van der Waals surface area contributed by atoms with E-state index in [4.69, 9.17) is 9.47 Å². The fraction of sp³-hybridized carbons (Fsp3) is 0.464. The minimum absolute atomic E-state index is 0.0114. The molecule has 0 atom stereocenters. The maximum absolute atomic E-state index is 12.9. The lowest BCUT2D eigenvalue weighted by atomic mass is 10.1. The number of rotatable bonds is 11. The average molecular weight is 494 g/mol. The number of ether oxygens (including phenoxy) is 2. The van der Waals surface area contributed by atoms with Crippen molar-refractivity contribution in [3.05, 3.63) is 53.1 Å².